The molecule has 2 aliphatic carbocycles. The molecular formula is C23H42IN7O2. The number of guanidine groups is 1. The van der Waals surface area contributed by atoms with E-state index in [0.29, 0.717) is 18.7 Å². The van der Waals surface area contributed by atoms with Gasteiger partial charge in [0, 0.05) is 51.3 Å². The highest BCUT2D eigenvalue weighted by Gasteiger charge is 2.55. The Balaban J connectivity index is 0.00000306. The van der Waals surface area contributed by atoms with Crippen LogP contribution >= 0.6 is 24.0 Å². The van der Waals surface area contributed by atoms with Crippen molar-refractivity contribution in [3.63, 3.8) is 0 Å². The number of nitrogens with one attached hydrogen (secondary N) is 2. The summed E-state index contributed by atoms with van der Waals surface area (Å²) < 4.78 is 13.6. The van der Waals surface area contributed by atoms with E-state index in [2.05, 4.69) is 32.7 Å². The first-order valence-corrected chi connectivity index (χ1v) is 12.4. The monoisotopic (exact) mass is 575 g/mol. The molecule has 188 valence electrons. The molecule has 2 atom stereocenters. The van der Waals surface area contributed by atoms with Gasteiger partial charge in [0.1, 0.15) is 12.4 Å². The van der Waals surface area contributed by atoms with Crippen LogP contribution in [0.5, 0.6) is 0 Å². The van der Waals surface area contributed by atoms with E-state index >= 15 is 0 Å². The Kier molecular flexibility index (Phi) is 10.2. The molecule has 2 heterocycles. The van der Waals surface area contributed by atoms with Gasteiger partial charge in [-0.25, -0.2) is 4.99 Å². The van der Waals surface area contributed by atoms with Crippen LogP contribution < -0.4 is 10.6 Å². The minimum absolute atomic E-state index is 0. The molecule has 0 aromatic carbocycles. The van der Waals surface area contributed by atoms with Crippen molar-refractivity contribution >= 4 is 29.9 Å². The number of halogens is 1. The topological polar surface area (TPSA) is 88.8 Å². The van der Waals surface area contributed by atoms with Gasteiger partial charge in [0.15, 0.2) is 11.8 Å². The standard InChI is InChI=1S/C23H41N7O2.HI/c1-4-32-20-16-19(23(20)8-6-5-7-9-23)26-22(24-10-11-30-12-14-31-15-13-30)25-17-21-28-27-18(2)29(21)3;/h19-20H,4-17H2,1-3H3,(H2,24,25,26);1H. The molecule has 1 aromatic heterocycles. The first kappa shape index (κ1) is 26.6. The molecule has 0 bridgehead atoms. The zero-order chi connectivity index (χ0) is 22.4. The average Bonchev–Trinajstić information content (AvgIpc) is 3.15. The van der Waals surface area contributed by atoms with Crippen molar-refractivity contribution in [1.82, 2.24) is 30.3 Å². The van der Waals surface area contributed by atoms with E-state index in [4.69, 9.17) is 14.5 Å². The second-order valence-electron chi connectivity index (χ2n) is 9.44. The highest BCUT2D eigenvalue weighted by molar-refractivity contribution is 14.0. The number of morpholine rings is 1. The van der Waals surface area contributed by atoms with Gasteiger partial charge in [-0.15, -0.1) is 34.2 Å². The maximum absolute atomic E-state index is 6.15. The molecule has 1 aromatic rings. The molecule has 2 unspecified atom stereocenters. The molecule has 1 spiro atoms. The predicted octanol–water partition coefficient (Wildman–Crippen LogP) is 2.24. The number of hydrogen-bond acceptors (Lipinski definition) is 6. The summed E-state index contributed by atoms with van der Waals surface area (Å²) in [5, 5.41) is 15.8. The SMILES string of the molecule is CCOC1CC(NC(=NCc2nnc(C)n2C)NCCN2CCOCC2)C12CCCCC2.I. The molecule has 4 rings (SSSR count). The highest BCUT2D eigenvalue weighted by atomic mass is 127. The van der Waals surface area contributed by atoms with Gasteiger partial charge >= 0.3 is 0 Å². The summed E-state index contributed by atoms with van der Waals surface area (Å²) in [6.45, 7) is 10.9. The molecular weight excluding hydrogens is 533 g/mol. The van der Waals surface area contributed by atoms with Crippen molar-refractivity contribution in [3.8, 4) is 0 Å². The fourth-order valence-corrected chi connectivity index (χ4v) is 5.48. The zero-order valence-electron chi connectivity index (χ0n) is 20.5. The highest BCUT2D eigenvalue weighted by Crippen LogP contribution is 2.53. The molecule has 0 radical (unpaired) electrons. The van der Waals surface area contributed by atoms with E-state index < -0.39 is 0 Å². The van der Waals surface area contributed by atoms with Crippen molar-refractivity contribution in [3.05, 3.63) is 11.6 Å². The van der Waals surface area contributed by atoms with E-state index in [1.54, 1.807) is 0 Å². The van der Waals surface area contributed by atoms with Crippen molar-refractivity contribution < 1.29 is 9.47 Å². The summed E-state index contributed by atoms with van der Waals surface area (Å²) in [5.41, 5.74) is 0.252. The molecule has 2 N–H and O–H groups in total. The average molecular weight is 576 g/mol. The second-order valence-corrected chi connectivity index (χ2v) is 9.44. The third-order valence-corrected chi connectivity index (χ3v) is 7.63. The summed E-state index contributed by atoms with van der Waals surface area (Å²) in [5.74, 6) is 2.67. The summed E-state index contributed by atoms with van der Waals surface area (Å²) in [6, 6.07) is 0.412. The van der Waals surface area contributed by atoms with Crippen LogP contribution in [0.4, 0.5) is 0 Å². The summed E-state index contributed by atoms with van der Waals surface area (Å²) >= 11 is 0. The van der Waals surface area contributed by atoms with Crippen LogP contribution in [0.3, 0.4) is 0 Å². The van der Waals surface area contributed by atoms with Gasteiger partial charge in [-0.1, -0.05) is 19.3 Å². The van der Waals surface area contributed by atoms with Crippen LogP contribution in [-0.2, 0) is 23.1 Å². The fourth-order valence-electron chi connectivity index (χ4n) is 5.48. The van der Waals surface area contributed by atoms with Crippen LogP contribution in [0.25, 0.3) is 0 Å². The lowest BCUT2D eigenvalue weighted by Crippen LogP contribution is -2.66. The Morgan fingerprint density at radius 2 is 1.97 bits per heavy atom. The molecule has 33 heavy (non-hydrogen) atoms. The van der Waals surface area contributed by atoms with E-state index in [9.17, 15) is 0 Å². The molecule has 1 saturated heterocycles. The van der Waals surface area contributed by atoms with Crippen LogP contribution in [0, 0.1) is 12.3 Å². The number of rotatable bonds is 8. The Morgan fingerprint density at radius 1 is 1.21 bits per heavy atom. The van der Waals surface area contributed by atoms with E-state index in [1.165, 1.54) is 32.1 Å². The van der Waals surface area contributed by atoms with Gasteiger partial charge in [-0.05, 0) is 33.1 Å². The minimum atomic E-state index is 0. The molecule has 3 aliphatic rings. The van der Waals surface area contributed by atoms with Gasteiger partial charge in [0.2, 0.25) is 0 Å². The van der Waals surface area contributed by atoms with Crippen molar-refractivity contribution in [1.29, 1.82) is 0 Å². The van der Waals surface area contributed by atoms with Crippen LogP contribution in [-0.4, -0.2) is 83.8 Å². The fraction of sp³-hybridized carbons (Fsp3) is 0.870. The quantitative estimate of drug-likeness (QED) is 0.279. The van der Waals surface area contributed by atoms with Gasteiger partial charge in [-0.3, -0.25) is 4.90 Å². The third-order valence-electron chi connectivity index (χ3n) is 7.63. The molecule has 3 fully saturated rings. The maximum atomic E-state index is 6.15. The number of ether oxygens (including phenoxy) is 2. The van der Waals surface area contributed by atoms with Gasteiger partial charge in [-0.2, -0.15) is 0 Å². The Morgan fingerprint density at radius 3 is 2.64 bits per heavy atom. The maximum Gasteiger partial charge on any atom is 0.191 e. The van der Waals surface area contributed by atoms with Crippen molar-refractivity contribution in [2.24, 2.45) is 17.5 Å². The van der Waals surface area contributed by atoms with Crippen LogP contribution in [0.15, 0.2) is 4.99 Å². The Hall–Kier alpha value is -0.980. The summed E-state index contributed by atoms with van der Waals surface area (Å²) in [7, 11) is 1.99. The van der Waals surface area contributed by atoms with E-state index in [1.807, 2.05) is 18.5 Å². The van der Waals surface area contributed by atoms with Gasteiger partial charge < -0.3 is 24.7 Å². The lowest BCUT2D eigenvalue weighted by molar-refractivity contribution is -0.145. The van der Waals surface area contributed by atoms with Gasteiger partial charge in [0.05, 0.1) is 19.3 Å². The molecule has 2 saturated carbocycles. The summed E-state index contributed by atoms with van der Waals surface area (Å²) in [4.78, 5) is 7.35. The van der Waals surface area contributed by atoms with Crippen molar-refractivity contribution in [2.75, 3.05) is 46.0 Å². The Bertz CT molecular complexity index is 760. The molecule has 10 heteroatoms. The number of nitrogens with zero attached hydrogens (tertiary/aromatic N) is 5. The van der Waals surface area contributed by atoms with Gasteiger partial charge in [0.25, 0.3) is 0 Å². The molecule has 9 nitrogen and oxygen atoms in total. The lowest BCUT2D eigenvalue weighted by atomic mass is 9.55. The first-order chi connectivity index (χ1) is 15.6. The lowest BCUT2D eigenvalue weighted by Gasteiger charge is -2.58. The smallest absolute Gasteiger partial charge is 0.191 e. The number of aromatic nitrogens is 3. The first-order valence-electron chi connectivity index (χ1n) is 12.4. The normalized spacial score (nSPS) is 25.4. The minimum Gasteiger partial charge on any atom is -0.379 e. The van der Waals surface area contributed by atoms with E-state index in [0.717, 1.165) is 70.0 Å². The predicted molar refractivity (Wildman–Crippen MR) is 140 cm³/mol. The molecule has 0 amide bonds. The van der Waals surface area contributed by atoms with Crippen LogP contribution in [0.1, 0.15) is 57.1 Å². The second kappa shape index (κ2) is 12.6. The number of hydrogen-bond donors (Lipinski definition) is 2. The zero-order valence-corrected chi connectivity index (χ0v) is 22.8. The largest absolute Gasteiger partial charge is 0.379 e. The van der Waals surface area contributed by atoms with E-state index in [-0.39, 0.29) is 29.4 Å². The number of aryl methyl sites for hydroxylation is 1. The Labute approximate surface area is 215 Å². The summed E-state index contributed by atoms with van der Waals surface area (Å²) in [6.07, 6.45) is 7.88. The molecule has 1 aliphatic heterocycles. The van der Waals surface area contributed by atoms with Crippen molar-refractivity contribution in [2.45, 2.75) is 71.1 Å². The van der Waals surface area contributed by atoms with Crippen LogP contribution in [0.2, 0.25) is 0 Å². The number of aliphatic imine (C=N–C) groups is 1. The third kappa shape index (κ3) is 6.37.